The third kappa shape index (κ3) is 3.26. The second kappa shape index (κ2) is 6.68. The van der Waals surface area contributed by atoms with Crippen LogP contribution in [0.15, 0.2) is 35.6 Å². The molecule has 6 nitrogen and oxygen atoms in total. The predicted molar refractivity (Wildman–Crippen MR) is 84.6 cm³/mol. The lowest BCUT2D eigenvalue weighted by Gasteiger charge is -2.19. The Kier molecular flexibility index (Phi) is 5.10. The quantitative estimate of drug-likeness (QED) is 0.874. The Bertz CT molecular complexity index is 758. The van der Waals surface area contributed by atoms with Gasteiger partial charge in [-0.15, -0.1) is 0 Å². The van der Waals surface area contributed by atoms with Gasteiger partial charge >= 0.3 is 0 Å². The molecule has 1 aromatic carbocycles. The molecule has 1 N–H and O–H groups in total. The lowest BCUT2D eigenvalue weighted by atomic mass is 10.0. The van der Waals surface area contributed by atoms with Gasteiger partial charge in [0.2, 0.25) is 5.03 Å². The van der Waals surface area contributed by atoms with Gasteiger partial charge in [0.1, 0.15) is 10.9 Å². The van der Waals surface area contributed by atoms with Crippen LogP contribution in [0.3, 0.4) is 0 Å². The molecular formula is C14H18ClN3O3S. The van der Waals surface area contributed by atoms with Crippen molar-refractivity contribution < 1.29 is 13.2 Å². The lowest BCUT2D eigenvalue weighted by Crippen LogP contribution is -2.29. The van der Waals surface area contributed by atoms with E-state index in [0.717, 1.165) is 5.56 Å². The number of imidazole rings is 1. The Hall–Kier alpha value is -1.57. The van der Waals surface area contributed by atoms with Crippen LogP contribution in [0.4, 0.5) is 0 Å². The van der Waals surface area contributed by atoms with Gasteiger partial charge in [0.05, 0.1) is 19.5 Å². The minimum Gasteiger partial charge on any atom is -0.496 e. The minimum absolute atomic E-state index is 0.0716. The van der Waals surface area contributed by atoms with Crippen molar-refractivity contribution in [2.24, 2.45) is 7.05 Å². The van der Waals surface area contributed by atoms with Crippen LogP contribution < -0.4 is 9.46 Å². The molecule has 0 fully saturated rings. The number of nitrogens with one attached hydrogen (secondary N) is 1. The maximum atomic E-state index is 12.5. The summed E-state index contributed by atoms with van der Waals surface area (Å²) in [7, 11) is -0.642. The van der Waals surface area contributed by atoms with Gasteiger partial charge in [-0.1, -0.05) is 36.7 Å². The number of nitrogens with zero attached hydrogens (tertiary/aromatic N) is 2. The number of sulfonamides is 1. The third-order valence-electron chi connectivity index (χ3n) is 3.31. The fraction of sp³-hybridized carbons (Fsp3) is 0.357. The van der Waals surface area contributed by atoms with Gasteiger partial charge in [0.25, 0.3) is 10.0 Å². The van der Waals surface area contributed by atoms with E-state index in [0.29, 0.717) is 12.2 Å². The molecule has 1 aromatic heterocycles. The fourth-order valence-corrected chi connectivity index (χ4v) is 3.87. The number of methoxy groups -OCH3 is 1. The first-order valence-corrected chi connectivity index (χ1v) is 8.58. The number of benzene rings is 1. The Labute approximate surface area is 135 Å². The fourth-order valence-electron chi connectivity index (χ4n) is 2.14. The van der Waals surface area contributed by atoms with Crippen molar-refractivity contribution in [3.63, 3.8) is 0 Å². The Balaban J connectivity index is 2.36. The monoisotopic (exact) mass is 343 g/mol. The zero-order valence-electron chi connectivity index (χ0n) is 12.6. The highest BCUT2D eigenvalue weighted by atomic mass is 35.5. The molecule has 120 valence electrons. The highest BCUT2D eigenvalue weighted by Crippen LogP contribution is 2.29. The number of para-hydroxylation sites is 1. The van der Waals surface area contributed by atoms with E-state index < -0.39 is 16.1 Å². The average Bonchev–Trinajstić information content (AvgIpc) is 2.85. The van der Waals surface area contributed by atoms with Gasteiger partial charge in [-0.05, 0) is 12.5 Å². The van der Waals surface area contributed by atoms with E-state index in [1.54, 1.807) is 20.2 Å². The first kappa shape index (κ1) is 16.8. The number of hydrogen-bond donors (Lipinski definition) is 1. The van der Waals surface area contributed by atoms with Crippen molar-refractivity contribution in [3.8, 4) is 5.75 Å². The summed E-state index contributed by atoms with van der Waals surface area (Å²) in [6, 6.07) is 6.86. The molecule has 0 amide bonds. The van der Waals surface area contributed by atoms with Gasteiger partial charge in [0.15, 0.2) is 0 Å². The summed E-state index contributed by atoms with van der Waals surface area (Å²) < 4.78 is 34.4. The van der Waals surface area contributed by atoms with Gasteiger partial charge in [-0.2, -0.15) is 0 Å². The van der Waals surface area contributed by atoms with E-state index in [-0.39, 0.29) is 10.2 Å². The second-order valence-electron chi connectivity index (χ2n) is 4.78. The van der Waals surface area contributed by atoms with Crippen molar-refractivity contribution >= 4 is 21.6 Å². The molecule has 2 aromatic rings. The first-order chi connectivity index (χ1) is 10.4. The summed E-state index contributed by atoms with van der Waals surface area (Å²) in [6.45, 7) is 1.89. The molecule has 0 radical (unpaired) electrons. The van der Waals surface area contributed by atoms with Crippen molar-refractivity contribution in [1.82, 2.24) is 14.3 Å². The highest BCUT2D eigenvalue weighted by molar-refractivity contribution is 7.89. The zero-order chi connectivity index (χ0) is 16.3. The maximum absolute atomic E-state index is 12.5. The molecule has 1 heterocycles. The molecule has 0 saturated carbocycles. The Morgan fingerprint density at radius 3 is 2.64 bits per heavy atom. The number of rotatable bonds is 6. The van der Waals surface area contributed by atoms with Crippen molar-refractivity contribution in [2.75, 3.05) is 7.11 Å². The van der Waals surface area contributed by atoms with Crippen molar-refractivity contribution in [2.45, 2.75) is 24.4 Å². The lowest BCUT2D eigenvalue weighted by molar-refractivity contribution is 0.402. The molecule has 0 aliphatic carbocycles. The van der Waals surface area contributed by atoms with E-state index in [1.807, 2.05) is 25.1 Å². The number of aromatic nitrogens is 2. The molecule has 1 atom stereocenters. The van der Waals surface area contributed by atoms with Crippen LogP contribution in [-0.4, -0.2) is 25.1 Å². The molecule has 2 rings (SSSR count). The first-order valence-electron chi connectivity index (χ1n) is 6.72. The van der Waals surface area contributed by atoms with Crippen LogP contribution in [0, 0.1) is 0 Å². The molecule has 0 aliphatic heterocycles. The van der Waals surface area contributed by atoms with E-state index in [1.165, 1.54) is 10.9 Å². The average molecular weight is 344 g/mol. The number of aryl methyl sites for hydroxylation is 1. The van der Waals surface area contributed by atoms with E-state index in [4.69, 9.17) is 16.3 Å². The SMILES string of the molecule is CC[C@@H](NS(=O)(=O)c1ncn(C)c1Cl)c1ccccc1OC. The van der Waals surface area contributed by atoms with Crippen LogP contribution in [0.25, 0.3) is 0 Å². The molecule has 0 spiro atoms. The molecule has 22 heavy (non-hydrogen) atoms. The molecular weight excluding hydrogens is 326 g/mol. The van der Waals surface area contributed by atoms with Crippen LogP contribution in [-0.2, 0) is 17.1 Å². The normalized spacial score (nSPS) is 13.1. The summed E-state index contributed by atoms with van der Waals surface area (Å²) in [5, 5.41) is -0.104. The van der Waals surface area contributed by atoms with Crippen LogP contribution in [0.2, 0.25) is 5.15 Å². The molecule has 0 aliphatic rings. The number of ether oxygens (including phenoxy) is 1. The standard InChI is InChI=1S/C14H18ClN3O3S/c1-4-11(10-7-5-6-8-12(10)21-3)17-22(19,20)14-13(15)18(2)9-16-14/h5-9,11,17H,4H2,1-3H3/t11-/m1/s1. The predicted octanol–water partition coefficient (Wildman–Crippen LogP) is 2.51. The Morgan fingerprint density at radius 2 is 2.09 bits per heavy atom. The highest BCUT2D eigenvalue weighted by Gasteiger charge is 2.27. The molecule has 0 saturated heterocycles. The topological polar surface area (TPSA) is 73.2 Å². The summed E-state index contributed by atoms with van der Waals surface area (Å²) in [5.74, 6) is 0.629. The van der Waals surface area contributed by atoms with Gasteiger partial charge < -0.3 is 9.30 Å². The van der Waals surface area contributed by atoms with Crippen molar-refractivity contribution in [3.05, 3.63) is 41.3 Å². The summed E-state index contributed by atoms with van der Waals surface area (Å²) in [5.41, 5.74) is 0.767. The summed E-state index contributed by atoms with van der Waals surface area (Å²) in [6.07, 6.45) is 1.92. The molecule has 8 heteroatoms. The second-order valence-corrected chi connectivity index (χ2v) is 6.76. The van der Waals surface area contributed by atoms with Crippen molar-refractivity contribution in [1.29, 1.82) is 0 Å². The zero-order valence-corrected chi connectivity index (χ0v) is 14.1. The van der Waals surface area contributed by atoms with Gasteiger partial charge in [-0.3, -0.25) is 0 Å². The summed E-state index contributed by atoms with van der Waals surface area (Å²) >= 11 is 5.98. The number of halogens is 1. The van der Waals surface area contributed by atoms with E-state index in [9.17, 15) is 8.42 Å². The molecule has 0 unspecified atom stereocenters. The molecule has 0 bridgehead atoms. The van der Waals surface area contributed by atoms with E-state index >= 15 is 0 Å². The third-order valence-corrected chi connectivity index (χ3v) is 5.27. The van der Waals surface area contributed by atoms with Crippen LogP contribution in [0.5, 0.6) is 5.75 Å². The number of hydrogen-bond acceptors (Lipinski definition) is 4. The van der Waals surface area contributed by atoms with Gasteiger partial charge in [-0.25, -0.2) is 18.1 Å². The summed E-state index contributed by atoms with van der Waals surface area (Å²) in [4.78, 5) is 3.86. The van der Waals surface area contributed by atoms with E-state index in [2.05, 4.69) is 9.71 Å². The van der Waals surface area contributed by atoms with Gasteiger partial charge in [0, 0.05) is 12.6 Å². The minimum atomic E-state index is -3.82. The maximum Gasteiger partial charge on any atom is 0.261 e. The Morgan fingerprint density at radius 1 is 1.41 bits per heavy atom. The van der Waals surface area contributed by atoms with Crippen LogP contribution in [0.1, 0.15) is 24.9 Å². The largest absolute Gasteiger partial charge is 0.496 e. The smallest absolute Gasteiger partial charge is 0.261 e. The van der Waals surface area contributed by atoms with Crippen LogP contribution >= 0.6 is 11.6 Å².